The van der Waals surface area contributed by atoms with Gasteiger partial charge in [0.1, 0.15) is 17.1 Å². The number of nitrogens with one attached hydrogen (secondary N) is 2. The van der Waals surface area contributed by atoms with E-state index in [-0.39, 0.29) is 49.3 Å². The van der Waals surface area contributed by atoms with Crippen LogP contribution < -0.4 is 10.6 Å². The lowest BCUT2D eigenvalue weighted by atomic mass is 10.0. The molecule has 2 atom stereocenters. The smallest absolute Gasteiger partial charge is 0.352 e. The van der Waals surface area contributed by atoms with Gasteiger partial charge in [0.05, 0.1) is 0 Å². The van der Waals surface area contributed by atoms with Crippen molar-refractivity contribution in [1.82, 2.24) is 19.7 Å². The molecule has 2 aromatic rings. The van der Waals surface area contributed by atoms with Gasteiger partial charge in [0.2, 0.25) is 11.8 Å². The van der Waals surface area contributed by atoms with Gasteiger partial charge in [-0.25, -0.2) is 4.79 Å². The first-order valence-electron chi connectivity index (χ1n) is 13.4. The van der Waals surface area contributed by atoms with Crippen LogP contribution in [0, 0.1) is 0 Å². The van der Waals surface area contributed by atoms with Crippen molar-refractivity contribution >= 4 is 64.7 Å². The Labute approximate surface area is 258 Å². The van der Waals surface area contributed by atoms with Crippen LogP contribution in [0.4, 0.5) is 5.69 Å². The minimum Gasteiger partial charge on any atom is -0.494 e. The molecule has 0 saturated carbocycles. The number of hydrogen-bond acceptors (Lipinski definition) is 10. The van der Waals surface area contributed by atoms with Crippen molar-refractivity contribution in [1.29, 1.82) is 0 Å². The molecule has 1 fully saturated rings. The molecule has 3 aliphatic rings. The first kappa shape index (κ1) is 30.7. The van der Waals surface area contributed by atoms with Crippen LogP contribution >= 0.6 is 23.5 Å². The highest BCUT2D eigenvalue weighted by Crippen LogP contribution is 2.41. The molecule has 0 spiro atoms. The van der Waals surface area contributed by atoms with Crippen LogP contribution in [0.2, 0.25) is 0 Å². The van der Waals surface area contributed by atoms with E-state index in [1.54, 1.807) is 24.3 Å². The molecular formula is C28H27N5O9S2. The molecule has 1 saturated heterocycles. The number of hydrogen-bond donors (Lipinski definition) is 5. The van der Waals surface area contributed by atoms with Gasteiger partial charge < -0.3 is 26.0 Å². The number of carboxylic acids is 1. The van der Waals surface area contributed by atoms with Crippen molar-refractivity contribution < 1.29 is 44.1 Å². The molecule has 5 rings (SSSR count). The van der Waals surface area contributed by atoms with Gasteiger partial charge in [-0.15, -0.1) is 23.5 Å². The molecule has 3 aliphatic heterocycles. The standard InChI is InChI=1S/C28H27N5O9S2/c34-18(9-11-31-20(36)5-6-21(31)37)29-16-1-3-17(4-2-16)43-13-15-14-44-27-24(26(40)33(27)25(15)28(41)42)30-19(35)10-12-32-22(38)7-8-23(32)39/h1-8,24,27,38-39H,9-14H2,(H,29,34)(H,30,35)(H,41,42)/t24?,27-/m1/s1. The summed E-state index contributed by atoms with van der Waals surface area (Å²) in [5.41, 5.74) is 0.963. The number of carbonyl (C=O) groups excluding carboxylic acids is 5. The maximum Gasteiger partial charge on any atom is 0.352 e. The number of amides is 5. The Kier molecular flexibility index (Phi) is 9.01. The van der Waals surface area contributed by atoms with E-state index in [9.17, 15) is 44.1 Å². The zero-order chi connectivity index (χ0) is 31.5. The lowest BCUT2D eigenvalue weighted by Gasteiger charge is -2.49. The van der Waals surface area contributed by atoms with Gasteiger partial charge in [-0.05, 0) is 29.8 Å². The Morgan fingerprint density at radius 2 is 1.55 bits per heavy atom. The van der Waals surface area contributed by atoms with Crippen molar-refractivity contribution in [2.45, 2.75) is 35.7 Å². The zero-order valence-electron chi connectivity index (χ0n) is 23.0. The van der Waals surface area contributed by atoms with Gasteiger partial charge in [0.15, 0.2) is 11.8 Å². The fourth-order valence-electron chi connectivity index (χ4n) is 4.82. The molecule has 0 radical (unpaired) electrons. The summed E-state index contributed by atoms with van der Waals surface area (Å²) >= 11 is 2.71. The number of rotatable bonds is 12. The molecule has 4 heterocycles. The normalized spacial score (nSPS) is 19.2. The van der Waals surface area contributed by atoms with Crippen LogP contribution in [0.1, 0.15) is 12.8 Å². The summed E-state index contributed by atoms with van der Waals surface area (Å²) in [7, 11) is 0. The zero-order valence-corrected chi connectivity index (χ0v) is 24.6. The number of β-lactam (4-membered cyclic amide) rings is 1. The van der Waals surface area contributed by atoms with Crippen molar-refractivity contribution in [3.05, 3.63) is 59.8 Å². The quantitative estimate of drug-likeness (QED) is 0.126. The molecule has 5 amide bonds. The topological polar surface area (TPSA) is 199 Å². The van der Waals surface area contributed by atoms with E-state index in [1.807, 2.05) is 0 Å². The number of carboxylic acid groups (broad SMARTS) is 1. The molecule has 1 unspecified atom stereocenters. The maximum absolute atomic E-state index is 12.9. The molecule has 16 heteroatoms. The second-order valence-corrected chi connectivity index (χ2v) is 12.1. The van der Waals surface area contributed by atoms with Crippen LogP contribution in [0.3, 0.4) is 0 Å². The van der Waals surface area contributed by atoms with Gasteiger partial charge >= 0.3 is 5.97 Å². The van der Waals surface area contributed by atoms with E-state index in [0.29, 0.717) is 22.8 Å². The Morgan fingerprint density at radius 1 is 0.909 bits per heavy atom. The number of nitrogens with zero attached hydrogens (tertiary/aromatic N) is 3. The Morgan fingerprint density at radius 3 is 2.18 bits per heavy atom. The molecule has 5 N–H and O–H groups in total. The molecule has 14 nitrogen and oxygen atoms in total. The Bertz CT molecular complexity index is 1560. The summed E-state index contributed by atoms with van der Waals surface area (Å²) in [4.78, 5) is 76.0. The molecule has 44 heavy (non-hydrogen) atoms. The van der Waals surface area contributed by atoms with E-state index < -0.39 is 41.0 Å². The average Bonchev–Trinajstić information content (AvgIpc) is 3.50. The Hall–Kier alpha value is -4.70. The molecule has 230 valence electrons. The van der Waals surface area contributed by atoms with Crippen LogP contribution in [0.5, 0.6) is 11.8 Å². The second kappa shape index (κ2) is 12.9. The van der Waals surface area contributed by atoms with Gasteiger partial charge in [0.25, 0.3) is 17.7 Å². The van der Waals surface area contributed by atoms with Crippen LogP contribution in [0.25, 0.3) is 0 Å². The van der Waals surface area contributed by atoms with Crippen molar-refractivity contribution in [2.75, 3.05) is 23.4 Å². The summed E-state index contributed by atoms with van der Waals surface area (Å²) in [5, 5.41) is 34.1. The second-order valence-electron chi connectivity index (χ2n) is 9.94. The highest BCUT2D eigenvalue weighted by Gasteiger charge is 2.54. The van der Waals surface area contributed by atoms with Crippen LogP contribution in [-0.4, -0.2) is 94.7 Å². The largest absolute Gasteiger partial charge is 0.494 e. The highest BCUT2D eigenvalue weighted by molar-refractivity contribution is 8.01. The van der Waals surface area contributed by atoms with Gasteiger partial charge in [-0.1, -0.05) is 0 Å². The van der Waals surface area contributed by atoms with Crippen LogP contribution in [0.15, 0.2) is 64.7 Å². The third kappa shape index (κ3) is 6.45. The third-order valence-corrected chi connectivity index (χ3v) is 9.52. The first-order chi connectivity index (χ1) is 21.0. The van der Waals surface area contributed by atoms with Crippen LogP contribution in [-0.2, 0) is 35.3 Å². The number of imide groups is 1. The van der Waals surface area contributed by atoms with E-state index in [4.69, 9.17) is 0 Å². The predicted molar refractivity (Wildman–Crippen MR) is 158 cm³/mol. The molecule has 1 aromatic carbocycles. The predicted octanol–water partition coefficient (Wildman–Crippen LogP) is 1.07. The summed E-state index contributed by atoms with van der Waals surface area (Å²) in [6, 6.07) is 8.55. The monoisotopic (exact) mass is 641 g/mol. The molecule has 0 bridgehead atoms. The van der Waals surface area contributed by atoms with Gasteiger partial charge in [-0.3, -0.25) is 38.3 Å². The lowest BCUT2D eigenvalue weighted by Crippen LogP contribution is -2.70. The molecule has 0 aliphatic carbocycles. The fourth-order valence-corrected chi connectivity index (χ4v) is 7.21. The summed E-state index contributed by atoms with van der Waals surface area (Å²) in [6.45, 7) is -0.0307. The van der Waals surface area contributed by atoms with E-state index >= 15 is 0 Å². The number of aromatic nitrogens is 1. The van der Waals surface area contributed by atoms with E-state index in [0.717, 1.165) is 26.5 Å². The highest BCUT2D eigenvalue weighted by atomic mass is 32.2. The van der Waals surface area contributed by atoms with Crippen molar-refractivity contribution in [3.63, 3.8) is 0 Å². The SMILES string of the molecule is O=C(CCN1C(=O)C=CC1=O)Nc1ccc(SCC2=C(C(=O)O)N3C(=O)C(NC(=O)CCn4c(O)ccc4O)[C@H]3SC2)cc1. The molecular weight excluding hydrogens is 614 g/mol. The molecule has 1 aromatic heterocycles. The van der Waals surface area contributed by atoms with Crippen molar-refractivity contribution in [3.8, 4) is 11.8 Å². The number of aliphatic carboxylic acids is 1. The van der Waals surface area contributed by atoms with Gasteiger partial charge in [0, 0.05) is 72.3 Å². The van der Waals surface area contributed by atoms with E-state index in [1.165, 1.54) is 40.6 Å². The minimum atomic E-state index is -1.24. The fraction of sp³-hybridized carbons (Fsp3) is 0.286. The number of thioether (sulfide) groups is 2. The number of benzene rings is 1. The summed E-state index contributed by atoms with van der Waals surface area (Å²) in [5.74, 6) is -3.29. The first-order valence-corrected chi connectivity index (χ1v) is 15.4. The number of fused-ring (bicyclic) bond motifs is 1. The summed E-state index contributed by atoms with van der Waals surface area (Å²) in [6.07, 6.45) is 2.15. The van der Waals surface area contributed by atoms with E-state index in [2.05, 4.69) is 10.6 Å². The maximum atomic E-state index is 12.9. The van der Waals surface area contributed by atoms with Gasteiger partial charge in [-0.2, -0.15) is 0 Å². The summed E-state index contributed by atoms with van der Waals surface area (Å²) < 4.78 is 1.14. The third-order valence-electron chi connectivity index (χ3n) is 7.08. The average molecular weight is 642 g/mol. The number of anilines is 1. The minimum absolute atomic E-state index is 0.00504. The lowest BCUT2D eigenvalue weighted by molar-refractivity contribution is -0.150. The van der Waals surface area contributed by atoms with Crippen molar-refractivity contribution in [2.24, 2.45) is 0 Å². The number of carbonyl (C=O) groups is 6. The number of aromatic hydroxyl groups is 2. The Balaban J connectivity index is 1.12.